The number of ether oxygens (including phenoxy) is 2. The molecule has 0 atom stereocenters. The van der Waals surface area contributed by atoms with E-state index >= 15 is 0 Å². The van der Waals surface area contributed by atoms with Gasteiger partial charge in [0.1, 0.15) is 22.1 Å². The quantitative estimate of drug-likeness (QED) is 0.359. The number of methoxy groups -OCH3 is 1. The van der Waals surface area contributed by atoms with Crippen LogP contribution in [-0.2, 0) is 4.74 Å². The summed E-state index contributed by atoms with van der Waals surface area (Å²) in [5, 5.41) is 6.76. The highest BCUT2D eigenvalue weighted by molar-refractivity contribution is 7.15. The van der Waals surface area contributed by atoms with Crippen LogP contribution in [-0.4, -0.2) is 25.6 Å². The van der Waals surface area contributed by atoms with Crippen molar-refractivity contribution in [1.82, 2.24) is 0 Å². The van der Waals surface area contributed by atoms with Gasteiger partial charge in [-0.2, -0.15) is 0 Å². The van der Waals surface area contributed by atoms with Crippen LogP contribution in [0.4, 0.5) is 9.39 Å². The molecular weight excluding hydrogens is 429 g/mol. The average Bonchev–Trinajstić information content (AvgIpc) is 3.22. The number of rotatable bonds is 6. The lowest BCUT2D eigenvalue weighted by Gasteiger charge is -2.12. The first-order valence-electron chi connectivity index (χ1n) is 9.94. The molecule has 3 aromatic carbocycles. The molecule has 5 nitrogen and oxygen atoms in total. The van der Waals surface area contributed by atoms with Gasteiger partial charge in [-0.3, -0.25) is 4.79 Å². The summed E-state index contributed by atoms with van der Waals surface area (Å²) in [7, 11) is 1.50. The fraction of sp³-hybridized carbons (Fsp3) is 0.120. The summed E-state index contributed by atoms with van der Waals surface area (Å²) in [5.74, 6) is -0.924. The largest absolute Gasteiger partial charge is 0.496 e. The van der Waals surface area contributed by atoms with Crippen LogP contribution >= 0.6 is 11.3 Å². The molecule has 0 unspecified atom stereocenters. The Balaban J connectivity index is 1.74. The SMILES string of the molecule is CCOC(=O)c1c(-c2ccc(F)cc2)csc1NC(=O)c1cc2ccccc2cc1OC. The Hall–Kier alpha value is -3.71. The molecule has 0 aliphatic heterocycles. The summed E-state index contributed by atoms with van der Waals surface area (Å²) in [4.78, 5) is 25.9. The molecule has 0 aliphatic rings. The predicted octanol–water partition coefficient (Wildman–Crippen LogP) is 6.15. The van der Waals surface area contributed by atoms with E-state index in [0.29, 0.717) is 27.4 Å². The standard InChI is InChI=1S/C25H20FNO4S/c1-3-31-25(29)22-20(15-8-10-18(26)11-9-15)14-32-24(22)27-23(28)19-12-16-6-4-5-7-17(16)13-21(19)30-2/h4-14H,3H2,1-2H3,(H,27,28). The van der Waals surface area contributed by atoms with Crippen molar-refractivity contribution in [3.05, 3.63) is 83.0 Å². The van der Waals surface area contributed by atoms with Gasteiger partial charge in [0.2, 0.25) is 0 Å². The number of halogens is 1. The van der Waals surface area contributed by atoms with Gasteiger partial charge >= 0.3 is 5.97 Å². The fourth-order valence-electron chi connectivity index (χ4n) is 3.43. The minimum absolute atomic E-state index is 0.184. The van der Waals surface area contributed by atoms with Crippen molar-refractivity contribution in [2.75, 3.05) is 19.0 Å². The summed E-state index contributed by atoms with van der Waals surface area (Å²) in [5.41, 5.74) is 1.79. The summed E-state index contributed by atoms with van der Waals surface area (Å²) < 4.78 is 24.0. The molecule has 0 fully saturated rings. The van der Waals surface area contributed by atoms with Gasteiger partial charge in [-0.1, -0.05) is 36.4 Å². The zero-order valence-corrected chi connectivity index (χ0v) is 18.3. The van der Waals surface area contributed by atoms with E-state index in [0.717, 1.165) is 10.8 Å². The van der Waals surface area contributed by atoms with E-state index in [4.69, 9.17) is 9.47 Å². The summed E-state index contributed by atoms with van der Waals surface area (Å²) >= 11 is 1.20. The molecule has 1 N–H and O–H groups in total. The van der Waals surface area contributed by atoms with E-state index in [9.17, 15) is 14.0 Å². The highest BCUT2D eigenvalue weighted by Crippen LogP contribution is 2.37. The predicted molar refractivity (Wildman–Crippen MR) is 124 cm³/mol. The van der Waals surface area contributed by atoms with Crippen LogP contribution in [0.25, 0.3) is 21.9 Å². The third kappa shape index (κ3) is 4.20. The lowest BCUT2D eigenvalue weighted by molar-refractivity contribution is 0.0529. The van der Waals surface area contributed by atoms with E-state index in [2.05, 4.69) is 5.32 Å². The monoisotopic (exact) mass is 449 g/mol. The molecule has 32 heavy (non-hydrogen) atoms. The van der Waals surface area contributed by atoms with Crippen LogP contribution in [0.2, 0.25) is 0 Å². The minimum Gasteiger partial charge on any atom is -0.496 e. The number of nitrogens with one attached hydrogen (secondary N) is 1. The number of carbonyl (C=O) groups excluding carboxylic acids is 2. The van der Waals surface area contributed by atoms with Crippen molar-refractivity contribution in [3.63, 3.8) is 0 Å². The summed E-state index contributed by atoms with van der Waals surface area (Å²) in [6, 6.07) is 17.0. The molecule has 0 saturated heterocycles. The Morgan fingerprint density at radius 2 is 1.72 bits per heavy atom. The normalized spacial score (nSPS) is 10.7. The first-order valence-corrected chi connectivity index (χ1v) is 10.8. The Bertz CT molecular complexity index is 1300. The number of thiophene rings is 1. The highest BCUT2D eigenvalue weighted by Gasteiger charge is 2.24. The van der Waals surface area contributed by atoms with E-state index in [1.165, 1.54) is 30.6 Å². The third-order valence-electron chi connectivity index (χ3n) is 4.97. The number of carbonyl (C=O) groups is 2. The number of anilines is 1. The maximum Gasteiger partial charge on any atom is 0.341 e. The maximum atomic E-state index is 13.4. The van der Waals surface area contributed by atoms with Crippen molar-refractivity contribution in [2.24, 2.45) is 0 Å². The Labute approximate surface area is 188 Å². The summed E-state index contributed by atoms with van der Waals surface area (Å²) in [6.07, 6.45) is 0. The Morgan fingerprint density at radius 3 is 2.38 bits per heavy atom. The van der Waals surface area contributed by atoms with Crippen molar-refractivity contribution >= 4 is 39.0 Å². The van der Waals surface area contributed by atoms with Gasteiger partial charge in [0.15, 0.2) is 0 Å². The minimum atomic E-state index is -0.561. The van der Waals surface area contributed by atoms with Crippen LogP contribution in [0.5, 0.6) is 5.75 Å². The number of fused-ring (bicyclic) bond motifs is 1. The number of amides is 1. The molecule has 0 spiro atoms. The van der Waals surface area contributed by atoms with Gasteiger partial charge in [0, 0.05) is 10.9 Å². The zero-order chi connectivity index (χ0) is 22.7. The third-order valence-corrected chi connectivity index (χ3v) is 5.86. The van der Waals surface area contributed by atoms with Crippen LogP contribution in [0.3, 0.4) is 0 Å². The summed E-state index contributed by atoms with van der Waals surface area (Å²) in [6.45, 7) is 1.89. The zero-order valence-electron chi connectivity index (χ0n) is 17.5. The van der Waals surface area contributed by atoms with Gasteiger partial charge in [0.05, 0.1) is 19.3 Å². The molecule has 1 heterocycles. The van der Waals surface area contributed by atoms with Crippen molar-refractivity contribution in [3.8, 4) is 16.9 Å². The van der Waals surface area contributed by atoms with Crippen molar-refractivity contribution in [1.29, 1.82) is 0 Å². The Kier molecular flexibility index (Phi) is 6.18. The number of benzene rings is 3. The average molecular weight is 450 g/mol. The van der Waals surface area contributed by atoms with Crippen LogP contribution in [0, 0.1) is 5.82 Å². The molecule has 1 aromatic heterocycles. The number of hydrogen-bond acceptors (Lipinski definition) is 5. The van der Waals surface area contributed by atoms with Crippen LogP contribution < -0.4 is 10.1 Å². The smallest absolute Gasteiger partial charge is 0.341 e. The first-order chi connectivity index (χ1) is 15.5. The molecule has 1 amide bonds. The molecule has 7 heteroatoms. The molecule has 0 saturated carbocycles. The van der Waals surface area contributed by atoms with E-state index < -0.39 is 11.9 Å². The highest BCUT2D eigenvalue weighted by atomic mass is 32.1. The number of esters is 1. The van der Waals surface area contributed by atoms with E-state index in [-0.39, 0.29) is 18.0 Å². The topological polar surface area (TPSA) is 64.6 Å². The maximum absolute atomic E-state index is 13.4. The van der Waals surface area contributed by atoms with Crippen LogP contribution in [0.15, 0.2) is 66.0 Å². The van der Waals surface area contributed by atoms with Gasteiger partial charge in [-0.25, -0.2) is 9.18 Å². The second-order valence-corrected chi connectivity index (χ2v) is 7.81. The first kappa shape index (κ1) is 21.5. The second kappa shape index (κ2) is 9.20. The van der Waals surface area contributed by atoms with Crippen molar-refractivity contribution in [2.45, 2.75) is 6.92 Å². The van der Waals surface area contributed by atoms with Gasteiger partial charge in [-0.05, 0) is 47.5 Å². The lowest BCUT2D eigenvalue weighted by atomic mass is 10.0. The number of hydrogen-bond donors (Lipinski definition) is 1. The van der Waals surface area contributed by atoms with Gasteiger partial charge in [0.25, 0.3) is 5.91 Å². The molecule has 162 valence electrons. The fourth-order valence-corrected chi connectivity index (χ4v) is 4.39. The van der Waals surface area contributed by atoms with Crippen molar-refractivity contribution < 1.29 is 23.5 Å². The molecule has 4 rings (SSSR count). The van der Waals surface area contributed by atoms with Crippen LogP contribution in [0.1, 0.15) is 27.6 Å². The molecular formula is C25H20FNO4S. The lowest BCUT2D eigenvalue weighted by Crippen LogP contribution is -2.15. The molecule has 0 bridgehead atoms. The van der Waals surface area contributed by atoms with Gasteiger partial charge in [-0.15, -0.1) is 11.3 Å². The molecule has 0 aliphatic carbocycles. The molecule has 0 radical (unpaired) electrons. The Morgan fingerprint density at radius 1 is 1.03 bits per heavy atom. The second-order valence-electron chi connectivity index (χ2n) is 6.93. The van der Waals surface area contributed by atoms with E-state index in [1.807, 2.05) is 24.3 Å². The van der Waals surface area contributed by atoms with Gasteiger partial charge < -0.3 is 14.8 Å². The van der Waals surface area contributed by atoms with E-state index in [1.54, 1.807) is 36.6 Å². The molecule has 4 aromatic rings.